The molecule has 1 spiro atoms. The number of carbonyl (C=O) groups is 1. The normalized spacial score (nSPS) is 43.6. The van der Waals surface area contributed by atoms with Crippen molar-refractivity contribution in [1.29, 1.82) is 0 Å². The average molecular weight is 433 g/mol. The van der Waals surface area contributed by atoms with Gasteiger partial charge in [0, 0.05) is 18.3 Å². The molecule has 1 saturated carbocycles. The first-order chi connectivity index (χ1) is 14.8. The van der Waals surface area contributed by atoms with Gasteiger partial charge >= 0.3 is 5.97 Å². The first-order valence-corrected chi connectivity index (χ1v) is 11.4. The second kappa shape index (κ2) is 7.73. The number of esters is 1. The average Bonchev–Trinajstić information content (AvgIpc) is 2.99. The Bertz CT molecular complexity index is 826. The Kier molecular flexibility index (Phi) is 5.28. The third-order valence-electron chi connectivity index (χ3n) is 7.85. The second-order valence-corrected chi connectivity index (χ2v) is 9.79. The second-order valence-electron chi connectivity index (χ2n) is 9.79. The number of fused-ring (bicyclic) bond motifs is 2. The van der Waals surface area contributed by atoms with Gasteiger partial charge in [0.1, 0.15) is 5.75 Å². The van der Waals surface area contributed by atoms with Gasteiger partial charge in [-0.25, -0.2) is 9.78 Å². The molecular formula is C24H32O7. The Morgan fingerprint density at radius 3 is 2.61 bits per heavy atom. The highest BCUT2D eigenvalue weighted by Crippen LogP contribution is 2.60. The molecule has 1 aliphatic carbocycles. The molecule has 7 heteroatoms. The van der Waals surface area contributed by atoms with E-state index in [0.717, 1.165) is 31.2 Å². The zero-order chi connectivity index (χ0) is 21.8. The third-order valence-corrected chi connectivity index (χ3v) is 7.85. The number of carbonyl (C=O) groups excluding carboxylic acids is 1. The van der Waals surface area contributed by atoms with Crippen LogP contribution in [0, 0.1) is 23.7 Å². The zero-order valence-electron chi connectivity index (χ0n) is 18.7. The molecule has 0 amide bonds. The number of rotatable bonds is 4. The van der Waals surface area contributed by atoms with Crippen LogP contribution < -0.4 is 4.74 Å². The molecule has 7 nitrogen and oxygen atoms in total. The fourth-order valence-electron chi connectivity index (χ4n) is 6.07. The summed E-state index contributed by atoms with van der Waals surface area (Å²) in [6.45, 7) is 6.40. The van der Waals surface area contributed by atoms with Crippen molar-refractivity contribution in [2.45, 2.75) is 76.8 Å². The van der Waals surface area contributed by atoms with E-state index in [1.165, 1.54) is 7.11 Å². The molecule has 5 aliphatic rings. The van der Waals surface area contributed by atoms with Crippen LogP contribution in [0.3, 0.4) is 0 Å². The van der Waals surface area contributed by atoms with Crippen LogP contribution in [-0.4, -0.2) is 37.0 Å². The number of benzene rings is 1. The molecule has 2 bridgehead atoms. The molecule has 0 N–H and O–H groups in total. The highest BCUT2D eigenvalue weighted by Gasteiger charge is 2.69. The fraction of sp³-hybridized carbons (Fsp3) is 0.708. The molecule has 4 aliphatic heterocycles. The van der Waals surface area contributed by atoms with Gasteiger partial charge in [0.05, 0.1) is 13.5 Å². The van der Waals surface area contributed by atoms with E-state index in [1.54, 1.807) is 0 Å². The lowest BCUT2D eigenvalue weighted by Gasteiger charge is -2.60. The van der Waals surface area contributed by atoms with E-state index in [1.807, 2.05) is 31.2 Å². The molecule has 4 heterocycles. The van der Waals surface area contributed by atoms with Gasteiger partial charge in [-0.1, -0.05) is 26.0 Å². The molecule has 4 saturated heterocycles. The topological polar surface area (TPSA) is 72.5 Å². The quantitative estimate of drug-likeness (QED) is 0.526. The predicted molar refractivity (Wildman–Crippen MR) is 110 cm³/mol. The van der Waals surface area contributed by atoms with Crippen molar-refractivity contribution in [3.05, 3.63) is 29.8 Å². The van der Waals surface area contributed by atoms with E-state index in [2.05, 4.69) is 13.8 Å². The standard InChI is InChI=1S/C24H32O7/c1-14-5-10-19-15(2)21(27-17-8-6-16(7-9-17)13-20(25)26-4)28-22-24(19)18(14)11-12-23(3,29-22)30-31-24/h6-9,14-15,18-19,21-22H,5,10-13H2,1-4H3/t14-,15-,18?,19+,21+,22-,23+,24-/m1/s1. The van der Waals surface area contributed by atoms with Crippen molar-refractivity contribution < 1.29 is 33.5 Å². The first-order valence-electron chi connectivity index (χ1n) is 11.4. The van der Waals surface area contributed by atoms with Gasteiger partial charge in [0.2, 0.25) is 12.1 Å². The summed E-state index contributed by atoms with van der Waals surface area (Å²) in [5, 5.41) is 0. The maximum Gasteiger partial charge on any atom is 0.309 e. The molecule has 0 aromatic heterocycles. The van der Waals surface area contributed by atoms with Crippen molar-refractivity contribution in [3.63, 3.8) is 0 Å². The fourth-order valence-corrected chi connectivity index (χ4v) is 6.07. The van der Waals surface area contributed by atoms with E-state index in [9.17, 15) is 4.79 Å². The summed E-state index contributed by atoms with van der Waals surface area (Å²) in [5.74, 6) is 0.834. The van der Waals surface area contributed by atoms with Crippen molar-refractivity contribution in [2.24, 2.45) is 23.7 Å². The summed E-state index contributed by atoms with van der Waals surface area (Å²) in [7, 11) is 1.39. The minimum absolute atomic E-state index is 0.107. The van der Waals surface area contributed by atoms with E-state index >= 15 is 0 Å². The van der Waals surface area contributed by atoms with Crippen LogP contribution in [0.2, 0.25) is 0 Å². The minimum Gasteiger partial charge on any atom is -0.469 e. The molecule has 1 aromatic rings. The number of ether oxygens (including phenoxy) is 4. The maximum atomic E-state index is 11.5. The third kappa shape index (κ3) is 3.46. The Morgan fingerprint density at radius 1 is 1.10 bits per heavy atom. The molecule has 1 aromatic carbocycles. The minimum atomic E-state index is -0.793. The van der Waals surface area contributed by atoms with E-state index in [4.69, 9.17) is 28.7 Å². The molecule has 5 fully saturated rings. The van der Waals surface area contributed by atoms with Gasteiger partial charge in [-0.05, 0) is 55.7 Å². The Hall–Kier alpha value is -1.67. The highest BCUT2D eigenvalue weighted by molar-refractivity contribution is 5.72. The van der Waals surface area contributed by atoms with E-state index in [0.29, 0.717) is 17.6 Å². The monoisotopic (exact) mass is 432 g/mol. The van der Waals surface area contributed by atoms with Crippen LogP contribution >= 0.6 is 0 Å². The lowest BCUT2D eigenvalue weighted by Crippen LogP contribution is -2.70. The van der Waals surface area contributed by atoms with Crippen molar-refractivity contribution in [2.75, 3.05) is 7.11 Å². The number of hydrogen-bond donors (Lipinski definition) is 0. The van der Waals surface area contributed by atoms with Crippen molar-refractivity contribution in [3.8, 4) is 5.75 Å². The summed E-state index contributed by atoms with van der Waals surface area (Å²) < 4.78 is 23.8. The number of hydrogen-bond acceptors (Lipinski definition) is 7. The maximum absolute atomic E-state index is 11.5. The molecule has 31 heavy (non-hydrogen) atoms. The SMILES string of the molecule is COC(=O)Cc1ccc(O[C@H]2O[C@@H]3O[C@]4(C)CCC5[C@H](C)CC[C@@H]([C@H]2C)[C@]53OO4)cc1. The van der Waals surface area contributed by atoms with Gasteiger partial charge in [-0.15, -0.1) is 0 Å². The highest BCUT2D eigenvalue weighted by atomic mass is 17.3. The number of methoxy groups -OCH3 is 1. The molecule has 8 atom stereocenters. The lowest BCUT2D eigenvalue weighted by atomic mass is 9.58. The smallest absolute Gasteiger partial charge is 0.309 e. The Labute approximate surface area is 183 Å². The summed E-state index contributed by atoms with van der Waals surface area (Å²) in [4.78, 5) is 23.5. The van der Waals surface area contributed by atoms with Crippen LogP contribution in [0.4, 0.5) is 0 Å². The molecule has 6 rings (SSSR count). The molecule has 0 radical (unpaired) electrons. The first kappa shape index (κ1) is 21.2. The van der Waals surface area contributed by atoms with Gasteiger partial charge < -0.3 is 18.9 Å². The van der Waals surface area contributed by atoms with Gasteiger partial charge in [-0.2, -0.15) is 0 Å². The van der Waals surface area contributed by atoms with E-state index < -0.39 is 24.0 Å². The summed E-state index contributed by atoms with van der Waals surface area (Å²) in [5.41, 5.74) is 0.292. The Balaban J connectivity index is 1.38. The summed E-state index contributed by atoms with van der Waals surface area (Å²) >= 11 is 0. The largest absolute Gasteiger partial charge is 0.469 e. The van der Waals surface area contributed by atoms with Crippen LogP contribution in [-0.2, 0) is 35.2 Å². The molecule has 170 valence electrons. The Morgan fingerprint density at radius 2 is 1.87 bits per heavy atom. The molecular weight excluding hydrogens is 400 g/mol. The van der Waals surface area contributed by atoms with Crippen molar-refractivity contribution in [1.82, 2.24) is 0 Å². The lowest BCUT2D eigenvalue weighted by molar-refractivity contribution is -0.575. The summed E-state index contributed by atoms with van der Waals surface area (Å²) in [6, 6.07) is 7.49. The van der Waals surface area contributed by atoms with Crippen LogP contribution in [0.25, 0.3) is 0 Å². The zero-order valence-corrected chi connectivity index (χ0v) is 18.7. The van der Waals surface area contributed by atoms with Crippen molar-refractivity contribution >= 4 is 5.97 Å². The van der Waals surface area contributed by atoms with Gasteiger partial charge in [0.15, 0.2) is 11.9 Å². The van der Waals surface area contributed by atoms with Crippen LogP contribution in [0.1, 0.15) is 52.0 Å². The molecule has 1 unspecified atom stereocenters. The van der Waals surface area contributed by atoms with Crippen LogP contribution in [0.5, 0.6) is 5.75 Å². The summed E-state index contributed by atoms with van der Waals surface area (Å²) in [6.07, 6.45) is 3.25. The van der Waals surface area contributed by atoms with Gasteiger partial charge in [0.25, 0.3) is 0 Å². The van der Waals surface area contributed by atoms with Crippen LogP contribution in [0.15, 0.2) is 24.3 Å². The van der Waals surface area contributed by atoms with E-state index in [-0.39, 0.29) is 24.2 Å². The predicted octanol–water partition coefficient (Wildman–Crippen LogP) is 3.99. The van der Waals surface area contributed by atoms with Gasteiger partial charge in [-0.3, -0.25) is 4.79 Å².